The number of benzene rings is 3. The van der Waals surface area contributed by atoms with Gasteiger partial charge >= 0.3 is 12.3 Å². The molecule has 5 nitrogen and oxygen atoms in total. The van der Waals surface area contributed by atoms with Crippen molar-refractivity contribution < 1.29 is 22.7 Å². The molecule has 1 aromatic heterocycles. The van der Waals surface area contributed by atoms with Crippen LogP contribution in [0.2, 0.25) is 0 Å². The molecule has 1 saturated heterocycles. The fourth-order valence-electron chi connectivity index (χ4n) is 5.09. The minimum atomic E-state index is -4.43. The van der Waals surface area contributed by atoms with E-state index in [0.717, 1.165) is 38.2 Å². The van der Waals surface area contributed by atoms with Crippen molar-refractivity contribution in [1.82, 2.24) is 14.8 Å². The number of nitrogens with one attached hydrogen (secondary N) is 1. The predicted octanol–water partition coefficient (Wildman–Crippen LogP) is 6.33. The van der Waals surface area contributed by atoms with E-state index in [9.17, 15) is 18.0 Å². The number of nitrogens with zero attached hydrogens (tertiary/aromatic N) is 2. The first kappa shape index (κ1) is 24.2. The highest BCUT2D eigenvalue weighted by atomic mass is 19.4. The SMILES string of the molecule is CCn1c2ccccc2c2cc(CN3CCC(NC(=O)OCc4cccc(C(F)(F)F)c4)C3)ccc21. The standard InChI is InChI=1S/C28H28F3N3O2/c1-2-34-25-9-4-3-8-23(25)24-15-19(10-11-26(24)34)16-33-13-12-22(17-33)32-27(35)36-18-20-6-5-7-21(14-20)28(29,30)31/h3-11,14-15,22H,2,12-13,16-18H2,1H3,(H,32,35). The molecule has 1 atom stereocenters. The smallest absolute Gasteiger partial charge is 0.416 e. The lowest BCUT2D eigenvalue weighted by atomic mass is 10.1. The van der Waals surface area contributed by atoms with Gasteiger partial charge in [0.05, 0.1) is 5.56 Å². The van der Waals surface area contributed by atoms with Crippen molar-refractivity contribution in [3.8, 4) is 0 Å². The number of carbonyl (C=O) groups is 1. The van der Waals surface area contributed by atoms with Crippen molar-refractivity contribution in [1.29, 1.82) is 0 Å². The van der Waals surface area contributed by atoms with E-state index in [2.05, 4.69) is 64.2 Å². The number of carbonyl (C=O) groups excluding carboxylic acids is 1. The number of amides is 1. The van der Waals surface area contributed by atoms with Crippen LogP contribution in [-0.2, 0) is 30.6 Å². The molecule has 0 radical (unpaired) electrons. The van der Waals surface area contributed by atoms with Crippen molar-refractivity contribution in [2.24, 2.45) is 0 Å². The van der Waals surface area contributed by atoms with Gasteiger partial charge < -0.3 is 14.6 Å². The van der Waals surface area contributed by atoms with Gasteiger partial charge in [-0.25, -0.2) is 4.79 Å². The third kappa shape index (κ3) is 5.04. The van der Waals surface area contributed by atoms with Crippen LogP contribution in [0.3, 0.4) is 0 Å². The Morgan fingerprint density at radius 3 is 2.61 bits per heavy atom. The third-order valence-corrected chi connectivity index (χ3v) is 6.78. The van der Waals surface area contributed by atoms with Crippen LogP contribution in [0.4, 0.5) is 18.0 Å². The van der Waals surface area contributed by atoms with Gasteiger partial charge in [-0.2, -0.15) is 13.2 Å². The highest BCUT2D eigenvalue weighted by Gasteiger charge is 2.30. The van der Waals surface area contributed by atoms with Gasteiger partial charge in [0.2, 0.25) is 0 Å². The Kier molecular flexibility index (Phi) is 6.62. The topological polar surface area (TPSA) is 46.5 Å². The number of hydrogen-bond donors (Lipinski definition) is 1. The van der Waals surface area contributed by atoms with Crippen LogP contribution in [0, 0.1) is 0 Å². The monoisotopic (exact) mass is 495 g/mol. The van der Waals surface area contributed by atoms with Crippen LogP contribution < -0.4 is 5.32 Å². The molecule has 0 spiro atoms. The van der Waals surface area contributed by atoms with Crippen molar-refractivity contribution >= 4 is 27.9 Å². The summed E-state index contributed by atoms with van der Waals surface area (Å²) in [5, 5.41) is 5.34. The highest BCUT2D eigenvalue weighted by Crippen LogP contribution is 2.31. The second-order valence-electron chi connectivity index (χ2n) is 9.25. The van der Waals surface area contributed by atoms with E-state index in [-0.39, 0.29) is 12.6 Å². The van der Waals surface area contributed by atoms with E-state index in [4.69, 9.17) is 4.74 Å². The van der Waals surface area contributed by atoms with Crippen molar-refractivity contribution in [3.05, 3.63) is 83.4 Å². The Bertz CT molecular complexity index is 1400. The third-order valence-electron chi connectivity index (χ3n) is 6.78. The second-order valence-corrected chi connectivity index (χ2v) is 9.25. The number of ether oxygens (including phenoxy) is 1. The van der Waals surface area contributed by atoms with E-state index in [1.165, 1.54) is 39.5 Å². The fourth-order valence-corrected chi connectivity index (χ4v) is 5.09. The number of aryl methyl sites for hydroxylation is 1. The molecule has 1 fully saturated rings. The first-order chi connectivity index (χ1) is 17.3. The molecule has 3 aromatic carbocycles. The summed E-state index contributed by atoms with van der Waals surface area (Å²) >= 11 is 0. The number of likely N-dealkylation sites (tertiary alicyclic amines) is 1. The maximum absolute atomic E-state index is 12.9. The van der Waals surface area contributed by atoms with E-state index >= 15 is 0 Å². The van der Waals surface area contributed by atoms with Crippen LogP contribution in [0.1, 0.15) is 30.0 Å². The molecule has 36 heavy (non-hydrogen) atoms. The predicted molar refractivity (Wildman–Crippen MR) is 134 cm³/mol. The molecule has 1 aliphatic heterocycles. The van der Waals surface area contributed by atoms with Gasteiger partial charge in [-0.3, -0.25) is 4.90 Å². The van der Waals surface area contributed by atoms with Gasteiger partial charge in [0.25, 0.3) is 0 Å². The summed E-state index contributed by atoms with van der Waals surface area (Å²) in [6, 6.07) is 19.8. The molecule has 0 bridgehead atoms. The highest BCUT2D eigenvalue weighted by molar-refractivity contribution is 6.08. The molecule has 1 aliphatic rings. The van der Waals surface area contributed by atoms with E-state index in [1.807, 2.05) is 0 Å². The Morgan fingerprint density at radius 2 is 1.81 bits per heavy atom. The lowest BCUT2D eigenvalue weighted by Gasteiger charge is -2.17. The lowest BCUT2D eigenvalue weighted by Crippen LogP contribution is -2.37. The summed E-state index contributed by atoms with van der Waals surface area (Å²) in [5.74, 6) is 0. The van der Waals surface area contributed by atoms with Gasteiger partial charge in [-0.1, -0.05) is 36.4 Å². The van der Waals surface area contributed by atoms with E-state index < -0.39 is 17.8 Å². The largest absolute Gasteiger partial charge is 0.445 e. The number of aromatic nitrogens is 1. The van der Waals surface area contributed by atoms with Crippen LogP contribution in [0.25, 0.3) is 21.8 Å². The molecule has 1 amide bonds. The fraction of sp³-hybridized carbons (Fsp3) is 0.321. The first-order valence-electron chi connectivity index (χ1n) is 12.1. The normalized spacial score (nSPS) is 16.6. The summed E-state index contributed by atoms with van der Waals surface area (Å²) in [4.78, 5) is 14.5. The number of halogens is 3. The molecule has 1 N–H and O–H groups in total. The molecule has 4 aromatic rings. The van der Waals surface area contributed by atoms with Gasteiger partial charge in [0.1, 0.15) is 6.61 Å². The number of alkyl carbamates (subject to hydrolysis) is 1. The Hall–Kier alpha value is -3.52. The molecule has 188 valence electrons. The maximum Gasteiger partial charge on any atom is 0.416 e. The van der Waals surface area contributed by atoms with Crippen molar-refractivity contribution in [3.63, 3.8) is 0 Å². The van der Waals surface area contributed by atoms with E-state index in [1.54, 1.807) is 0 Å². The Morgan fingerprint density at radius 1 is 1.00 bits per heavy atom. The van der Waals surface area contributed by atoms with E-state index in [0.29, 0.717) is 12.1 Å². The van der Waals surface area contributed by atoms with Gasteiger partial charge in [-0.05, 0) is 54.8 Å². The summed E-state index contributed by atoms with van der Waals surface area (Å²) in [7, 11) is 0. The summed E-state index contributed by atoms with van der Waals surface area (Å²) in [5.41, 5.74) is 3.23. The number of para-hydroxylation sites is 1. The van der Waals surface area contributed by atoms with Crippen LogP contribution >= 0.6 is 0 Å². The zero-order valence-electron chi connectivity index (χ0n) is 20.0. The first-order valence-corrected chi connectivity index (χ1v) is 12.1. The average molecular weight is 496 g/mol. The maximum atomic E-state index is 12.9. The molecule has 8 heteroatoms. The molecular weight excluding hydrogens is 467 g/mol. The number of fused-ring (bicyclic) bond motifs is 3. The number of alkyl halides is 3. The molecule has 5 rings (SSSR count). The van der Waals surface area contributed by atoms with Gasteiger partial charge in [0.15, 0.2) is 0 Å². The van der Waals surface area contributed by atoms with Crippen molar-refractivity contribution in [2.75, 3.05) is 13.1 Å². The summed E-state index contributed by atoms with van der Waals surface area (Å²) < 4.78 is 46.1. The lowest BCUT2D eigenvalue weighted by molar-refractivity contribution is -0.137. The number of hydrogen-bond acceptors (Lipinski definition) is 3. The Labute approximate surface area is 207 Å². The van der Waals surface area contributed by atoms with Crippen LogP contribution in [-0.4, -0.2) is 34.7 Å². The van der Waals surface area contributed by atoms with Crippen LogP contribution in [0.15, 0.2) is 66.7 Å². The van der Waals surface area contributed by atoms with Crippen LogP contribution in [0.5, 0.6) is 0 Å². The molecular formula is C28H28F3N3O2. The minimum absolute atomic E-state index is 0.0651. The zero-order valence-corrected chi connectivity index (χ0v) is 20.0. The zero-order chi connectivity index (χ0) is 25.3. The molecule has 0 aliphatic carbocycles. The second kappa shape index (κ2) is 9.85. The molecule has 1 unspecified atom stereocenters. The quantitative estimate of drug-likeness (QED) is 0.340. The van der Waals surface area contributed by atoms with Gasteiger partial charge in [0, 0.05) is 54.0 Å². The summed E-state index contributed by atoms with van der Waals surface area (Å²) in [6.07, 6.45) is -4.26. The molecule has 2 heterocycles. The minimum Gasteiger partial charge on any atom is -0.445 e. The number of rotatable bonds is 6. The Balaban J connectivity index is 1.17. The van der Waals surface area contributed by atoms with Gasteiger partial charge in [-0.15, -0.1) is 0 Å². The summed E-state index contributed by atoms with van der Waals surface area (Å²) in [6.45, 7) is 5.16. The molecule has 0 saturated carbocycles. The average Bonchev–Trinajstić information content (AvgIpc) is 3.43. The van der Waals surface area contributed by atoms with Crippen molar-refractivity contribution in [2.45, 2.75) is 45.3 Å².